The van der Waals surface area contributed by atoms with E-state index in [0.29, 0.717) is 11.9 Å². The van der Waals surface area contributed by atoms with Crippen molar-refractivity contribution in [1.82, 2.24) is 15.3 Å². The fourth-order valence-electron chi connectivity index (χ4n) is 3.40. The molecule has 6 heteroatoms. The van der Waals surface area contributed by atoms with E-state index in [9.17, 15) is 0 Å². The van der Waals surface area contributed by atoms with Gasteiger partial charge in [-0.05, 0) is 81.9 Å². The number of hydrogen-bond acceptors (Lipinski definition) is 5. The number of halogens is 1. The predicted octanol–water partition coefficient (Wildman–Crippen LogP) is 6.26. The molecule has 4 nitrogen and oxygen atoms in total. The van der Waals surface area contributed by atoms with Crippen LogP contribution in [0.25, 0.3) is 10.9 Å². The van der Waals surface area contributed by atoms with Crippen molar-refractivity contribution in [1.29, 1.82) is 0 Å². The van der Waals surface area contributed by atoms with Crippen LogP contribution in [0.2, 0.25) is 0 Å². The van der Waals surface area contributed by atoms with E-state index >= 15 is 0 Å². The Morgan fingerprint density at radius 1 is 1.14 bits per heavy atom. The molecule has 0 aliphatic carbocycles. The molecular weight excluding hydrogens is 491 g/mol. The maximum atomic E-state index is 4.65. The minimum atomic E-state index is 0.617. The standard InChI is InChI=1S/C21H19IN4S.C2H6/c22-27-11-8-15-4-5-20-18(12-15)14-24-21(26-20)25-19-3-1-2-17(13-19)16-6-9-23-10-7-16;1-2/h1-5,12-14,16,23H,6-7,9-10H2,(H,24,25,26);1-2H3. The highest BCUT2D eigenvalue weighted by Gasteiger charge is 2.15. The molecule has 0 amide bonds. The molecular formula is C23H25IN4S. The van der Waals surface area contributed by atoms with Crippen molar-refractivity contribution in [3.8, 4) is 11.2 Å². The highest BCUT2D eigenvalue weighted by molar-refractivity contribution is 14.2. The number of fused-ring (bicyclic) bond motifs is 1. The van der Waals surface area contributed by atoms with Crippen LogP contribution in [0.5, 0.6) is 0 Å². The van der Waals surface area contributed by atoms with Crippen molar-refractivity contribution < 1.29 is 0 Å². The van der Waals surface area contributed by atoms with Crippen molar-refractivity contribution in [3.05, 3.63) is 59.8 Å². The van der Waals surface area contributed by atoms with Gasteiger partial charge in [-0.3, -0.25) is 0 Å². The summed E-state index contributed by atoms with van der Waals surface area (Å²) >= 11 is 2.17. The van der Waals surface area contributed by atoms with Gasteiger partial charge in [0.2, 0.25) is 5.95 Å². The van der Waals surface area contributed by atoms with Crippen molar-refractivity contribution in [2.75, 3.05) is 18.4 Å². The van der Waals surface area contributed by atoms with Gasteiger partial charge in [-0.2, -0.15) is 0 Å². The zero-order chi connectivity index (χ0) is 20.5. The number of piperidine rings is 1. The Labute approximate surface area is 189 Å². The molecule has 2 heterocycles. The fraction of sp³-hybridized carbons (Fsp3) is 0.304. The lowest BCUT2D eigenvalue weighted by molar-refractivity contribution is 0.460. The second-order valence-corrected chi connectivity index (χ2v) is 8.23. The lowest BCUT2D eigenvalue weighted by Gasteiger charge is -2.23. The third kappa shape index (κ3) is 6.08. The summed E-state index contributed by atoms with van der Waals surface area (Å²) in [5.41, 5.74) is 4.31. The van der Waals surface area contributed by atoms with E-state index in [1.807, 2.05) is 38.2 Å². The average molecular weight is 516 g/mol. The number of benzene rings is 2. The molecule has 0 bridgehead atoms. The van der Waals surface area contributed by atoms with Crippen LogP contribution in [0.1, 0.15) is 43.7 Å². The van der Waals surface area contributed by atoms with Crippen LogP contribution in [-0.2, 0) is 0 Å². The topological polar surface area (TPSA) is 49.8 Å². The van der Waals surface area contributed by atoms with Crippen LogP contribution in [0.15, 0.2) is 48.7 Å². The number of aromatic nitrogens is 2. The zero-order valence-corrected chi connectivity index (χ0v) is 19.7. The second kappa shape index (κ2) is 11.4. The molecule has 0 radical (unpaired) electrons. The maximum Gasteiger partial charge on any atom is 0.227 e. The predicted molar refractivity (Wildman–Crippen MR) is 134 cm³/mol. The lowest BCUT2D eigenvalue weighted by atomic mass is 9.90. The van der Waals surface area contributed by atoms with Crippen molar-refractivity contribution in [2.24, 2.45) is 0 Å². The Morgan fingerprint density at radius 2 is 1.97 bits per heavy atom. The molecule has 2 N–H and O–H groups in total. The largest absolute Gasteiger partial charge is 0.324 e. The summed E-state index contributed by atoms with van der Waals surface area (Å²) in [6.45, 7) is 6.19. The molecule has 2 aromatic carbocycles. The number of hydrogen-bond donors (Lipinski definition) is 2. The molecule has 1 fully saturated rings. The number of nitrogens with one attached hydrogen (secondary N) is 2. The lowest BCUT2D eigenvalue weighted by Crippen LogP contribution is -2.26. The molecule has 29 heavy (non-hydrogen) atoms. The fourth-order valence-corrected chi connectivity index (χ4v) is 3.89. The van der Waals surface area contributed by atoms with Gasteiger partial charge in [0.05, 0.1) is 5.52 Å². The van der Waals surface area contributed by atoms with E-state index in [2.05, 4.69) is 77.2 Å². The van der Waals surface area contributed by atoms with Crippen molar-refractivity contribution in [3.63, 3.8) is 0 Å². The number of nitrogens with zero attached hydrogens (tertiary/aromatic N) is 2. The minimum absolute atomic E-state index is 0.617. The van der Waals surface area contributed by atoms with Crippen molar-refractivity contribution in [2.45, 2.75) is 32.6 Å². The average Bonchev–Trinajstić information content (AvgIpc) is 2.80. The Morgan fingerprint density at radius 3 is 2.76 bits per heavy atom. The van der Waals surface area contributed by atoms with Gasteiger partial charge in [-0.25, -0.2) is 9.97 Å². The molecule has 1 aromatic heterocycles. The van der Waals surface area contributed by atoms with E-state index < -0.39 is 0 Å². The first kappa shape index (κ1) is 21.9. The quantitative estimate of drug-likeness (QED) is 0.318. The third-order valence-electron chi connectivity index (χ3n) is 4.77. The van der Waals surface area contributed by atoms with Gasteiger partial charge in [0.1, 0.15) is 0 Å². The Bertz CT molecular complexity index is 1010. The van der Waals surface area contributed by atoms with E-state index in [1.165, 1.54) is 27.3 Å². The SMILES string of the molecule is CC.ISC#Cc1ccc2nc(Nc3cccc(C4CCNCC4)c3)ncc2c1. The number of anilines is 2. The van der Waals surface area contributed by atoms with Crippen molar-refractivity contribution >= 4 is 52.7 Å². The number of rotatable bonds is 3. The molecule has 1 aliphatic rings. The van der Waals surface area contributed by atoms with Gasteiger partial charge in [0.25, 0.3) is 0 Å². The summed E-state index contributed by atoms with van der Waals surface area (Å²) in [5, 5.41) is 10.8. The molecule has 1 aliphatic heterocycles. The highest BCUT2D eigenvalue weighted by Crippen LogP contribution is 2.28. The van der Waals surface area contributed by atoms with E-state index in [1.54, 1.807) is 0 Å². The molecule has 1 saturated heterocycles. The maximum absolute atomic E-state index is 4.65. The van der Waals surface area contributed by atoms with Crippen LogP contribution >= 0.6 is 30.1 Å². The second-order valence-electron chi connectivity index (χ2n) is 6.55. The van der Waals surface area contributed by atoms with Crippen LogP contribution < -0.4 is 10.6 Å². The Balaban J connectivity index is 0.00000117. The normalized spacial score (nSPS) is 13.8. The van der Waals surface area contributed by atoms with E-state index in [4.69, 9.17) is 0 Å². The monoisotopic (exact) mass is 516 g/mol. The first-order valence-corrected chi connectivity index (χ1v) is 13.3. The van der Waals surface area contributed by atoms with E-state index in [-0.39, 0.29) is 0 Å². The Hall–Kier alpha value is -1.82. The highest BCUT2D eigenvalue weighted by atomic mass is 127. The minimum Gasteiger partial charge on any atom is -0.324 e. The molecule has 150 valence electrons. The van der Waals surface area contributed by atoms with Gasteiger partial charge in [0, 0.05) is 44.0 Å². The molecule has 0 atom stereocenters. The van der Waals surface area contributed by atoms with E-state index in [0.717, 1.165) is 35.2 Å². The summed E-state index contributed by atoms with van der Waals surface area (Å²) in [4.78, 5) is 9.13. The first-order chi connectivity index (χ1) is 14.3. The van der Waals surface area contributed by atoms with Gasteiger partial charge in [-0.15, -0.1) is 0 Å². The molecule has 0 saturated carbocycles. The summed E-state index contributed by atoms with van der Waals surface area (Å²) in [5.74, 6) is 4.36. The molecule has 4 rings (SSSR count). The summed E-state index contributed by atoms with van der Waals surface area (Å²) in [6.07, 6.45) is 4.23. The summed E-state index contributed by atoms with van der Waals surface area (Å²) in [6, 6.07) is 14.6. The third-order valence-corrected chi connectivity index (χ3v) is 5.61. The molecule has 3 aromatic rings. The molecule has 0 spiro atoms. The molecule has 0 unspecified atom stereocenters. The first-order valence-electron chi connectivity index (χ1n) is 9.95. The summed E-state index contributed by atoms with van der Waals surface area (Å²) in [7, 11) is 1.48. The van der Waals surface area contributed by atoms with Gasteiger partial charge >= 0.3 is 0 Å². The van der Waals surface area contributed by atoms with Crippen LogP contribution in [-0.4, -0.2) is 23.1 Å². The smallest absolute Gasteiger partial charge is 0.227 e. The van der Waals surface area contributed by atoms with Gasteiger partial charge in [0.15, 0.2) is 0 Å². The Kier molecular flexibility index (Phi) is 8.59. The zero-order valence-electron chi connectivity index (χ0n) is 16.7. The van der Waals surface area contributed by atoms with Gasteiger partial charge < -0.3 is 10.6 Å². The van der Waals surface area contributed by atoms with Crippen LogP contribution in [0, 0.1) is 11.2 Å². The van der Waals surface area contributed by atoms with Crippen LogP contribution in [0.4, 0.5) is 11.6 Å². The van der Waals surface area contributed by atoms with Crippen LogP contribution in [0.3, 0.4) is 0 Å². The summed E-state index contributed by atoms with van der Waals surface area (Å²) < 4.78 is 0. The van der Waals surface area contributed by atoms with Gasteiger partial charge in [-0.1, -0.05) is 31.9 Å².